The summed E-state index contributed by atoms with van der Waals surface area (Å²) < 4.78 is 69.8. The van der Waals surface area contributed by atoms with Gasteiger partial charge in [0.05, 0.1) is 34.6 Å². The molecule has 0 spiro atoms. The van der Waals surface area contributed by atoms with Gasteiger partial charge >= 0.3 is 6.18 Å². The molecule has 0 radical (unpaired) electrons. The predicted octanol–water partition coefficient (Wildman–Crippen LogP) is 5.37. The summed E-state index contributed by atoms with van der Waals surface area (Å²) in [6, 6.07) is 7.71. The Morgan fingerprint density at radius 2 is 1.80 bits per heavy atom. The van der Waals surface area contributed by atoms with E-state index in [2.05, 4.69) is 5.10 Å². The fraction of sp³-hybridized carbons (Fsp3) is 0.200. The number of aryl methyl sites for hydroxylation is 1. The molecule has 1 amide bonds. The SMILES string of the molecule is Cc1cnn(-c2ccc(C(F)(F)CNC(=O)c3ccccc3C(F)(F)F)c(Cl)c2)c1. The zero-order chi connectivity index (χ0) is 22.1. The smallest absolute Gasteiger partial charge is 0.346 e. The quantitative estimate of drug-likeness (QED) is 0.538. The van der Waals surface area contributed by atoms with Crippen molar-refractivity contribution in [2.45, 2.75) is 19.0 Å². The number of halogens is 6. The molecule has 0 saturated carbocycles. The fourth-order valence-electron chi connectivity index (χ4n) is 2.81. The van der Waals surface area contributed by atoms with Crippen LogP contribution in [0.3, 0.4) is 0 Å². The molecule has 0 aliphatic rings. The van der Waals surface area contributed by atoms with E-state index in [4.69, 9.17) is 11.6 Å². The molecule has 0 bridgehead atoms. The van der Waals surface area contributed by atoms with Crippen molar-refractivity contribution in [1.29, 1.82) is 0 Å². The normalized spacial score (nSPS) is 12.1. The van der Waals surface area contributed by atoms with Crippen LogP contribution in [-0.2, 0) is 12.1 Å². The van der Waals surface area contributed by atoms with Crippen LogP contribution in [0, 0.1) is 6.92 Å². The highest BCUT2D eigenvalue weighted by Gasteiger charge is 2.37. The molecule has 158 valence electrons. The summed E-state index contributed by atoms with van der Waals surface area (Å²) in [5.41, 5.74) is -1.20. The van der Waals surface area contributed by atoms with E-state index >= 15 is 0 Å². The molecule has 0 aliphatic carbocycles. The molecule has 0 saturated heterocycles. The minimum absolute atomic E-state index is 0.268. The predicted molar refractivity (Wildman–Crippen MR) is 101 cm³/mol. The number of alkyl halides is 5. The van der Waals surface area contributed by atoms with Crippen LogP contribution in [0.5, 0.6) is 0 Å². The zero-order valence-corrected chi connectivity index (χ0v) is 16.2. The van der Waals surface area contributed by atoms with Gasteiger partial charge < -0.3 is 5.32 Å². The molecule has 0 aliphatic heterocycles. The number of carbonyl (C=O) groups is 1. The van der Waals surface area contributed by atoms with Gasteiger partial charge in [0.2, 0.25) is 0 Å². The maximum absolute atomic E-state index is 14.6. The lowest BCUT2D eigenvalue weighted by atomic mass is 10.1. The van der Waals surface area contributed by atoms with Gasteiger partial charge in [0.25, 0.3) is 11.8 Å². The first kappa shape index (κ1) is 21.8. The van der Waals surface area contributed by atoms with Gasteiger partial charge in [0.1, 0.15) is 0 Å². The van der Waals surface area contributed by atoms with Crippen LogP contribution >= 0.6 is 11.6 Å². The molecule has 1 N–H and O–H groups in total. The van der Waals surface area contributed by atoms with E-state index in [1.165, 1.54) is 22.9 Å². The molecule has 2 aromatic carbocycles. The maximum atomic E-state index is 14.6. The van der Waals surface area contributed by atoms with Gasteiger partial charge in [0, 0.05) is 11.8 Å². The second-order valence-corrected chi connectivity index (χ2v) is 6.96. The summed E-state index contributed by atoms with van der Waals surface area (Å²) in [6.07, 6.45) is -1.52. The van der Waals surface area contributed by atoms with Crippen LogP contribution < -0.4 is 5.32 Å². The first-order chi connectivity index (χ1) is 14.0. The van der Waals surface area contributed by atoms with E-state index in [1.54, 1.807) is 12.4 Å². The van der Waals surface area contributed by atoms with E-state index in [0.29, 0.717) is 11.8 Å². The Hall–Kier alpha value is -2.94. The number of amides is 1. The Kier molecular flexibility index (Phi) is 5.85. The topological polar surface area (TPSA) is 46.9 Å². The van der Waals surface area contributed by atoms with Crippen molar-refractivity contribution in [3.8, 4) is 5.69 Å². The number of benzene rings is 2. The lowest BCUT2D eigenvalue weighted by Gasteiger charge is -2.20. The molecule has 0 unspecified atom stereocenters. The number of nitrogens with zero attached hydrogens (tertiary/aromatic N) is 2. The molecule has 1 aromatic heterocycles. The van der Waals surface area contributed by atoms with Crippen LogP contribution in [0.2, 0.25) is 5.02 Å². The van der Waals surface area contributed by atoms with Gasteiger partial charge in [-0.05, 0) is 42.8 Å². The van der Waals surface area contributed by atoms with Crippen molar-refractivity contribution in [2.75, 3.05) is 6.54 Å². The highest BCUT2D eigenvalue weighted by Crippen LogP contribution is 2.35. The summed E-state index contributed by atoms with van der Waals surface area (Å²) in [4.78, 5) is 12.1. The first-order valence-corrected chi connectivity index (χ1v) is 9.01. The number of carbonyl (C=O) groups excluding carboxylic acids is 1. The largest absolute Gasteiger partial charge is 0.417 e. The molecule has 0 fully saturated rings. The maximum Gasteiger partial charge on any atom is 0.417 e. The molecule has 4 nitrogen and oxygen atoms in total. The van der Waals surface area contributed by atoms with Crippen molar-refractivity contribution in [3.05, 3.63) is 82.1 Å². The van der Waals surface area contributed by atoms with Crippen molar-refractivity contribution < 1.29 is 26.7 Å². The van der Waals surface area contributed by atoms with Gasteiger partial charge in [-0.1, -0.05) is 23.7 Å². The van der Waals surface area contributed by atoms with Crippen molar-refractivity contribution >= 4 is 17.5 Å². The molecule has 3 aromatic rings. The average Bonchev–Trinajstić information content (AvgIpc) is 3.11. The van der Waals surface area contributed by atoms with E-state index in [0.717, 1.165) is 23.8 Å². The van der Waals surface area contributed by atoms with E-state index in [1.807, 2.05) is 12.2 Å². The lowest BCUT2D eigenvalue weighted by molar-refractivity contribution is -0.137. The minimum Gasteiger partial charge on any atom is -0.346 e. The minimum atomic E-state index is -4.79. The van der Waals surface area contributed by atoms with Crippen molar-refractivity contribution in [1.82, 2.24) is 15.1 Å². The standard InChI is InChI=1S/C20H15ClF5N3O/c1-12-9-28-29(10-12)13-6-7-16(17(21)8-13)19(22,23)11-27-18(30)14-4-2-3-5-15(14)20(24,25)26/h2-10H,11H2,1H3,(H,27,30). The molecule has 10 heteroatoms. The van der Waals surface area contributed by atoms with Gasteiger partial charge in [-0.3, -0.25) is 4.79 Å². The van der Waals surface area contributed by atoms with E-state index in [9.17, 15) is 26.7 Å². The van der Waals surface area contributed by atoms with Crippen LogP contribution in [-0.4, -0.2) is 22.2 Å². The Morgan fingerprint density at radius 3 is 2.40 bits per heavy atom. The second-order valence-electron chi connectivity index (χ2n) is 6.56. The van der Waals surface area contributed by atoms with Gasteiger partial charge in [-0.2, -0.15) is 27.1 Å². The average molecular weight is 444 g/mol. The van der Waals surface area contributed by atoms with Gasteiger partial charge in [-0.15, -0.1) is 0 Å². The summed E-state index contributed by atoms with van der Waals surface area (Å²) in [5, 5.41) is 5.66. The highest BCUT2D eigenvalue weighted by atomic mass is 35.5. The third-order valence-corrected chi connectivity index (χ3v) is 4.58. The molecule has 30 heavy (non-hydrogen) atoms. The van der Waals surface area contributed by atoms with Gasteiger partial charge in [-0.25, -0.2) is 4.68 Å². The zero-order valence-electron chi connectivity index (χ0n) is 15.5. The van der Waals surface area contributed by atoms with Crippen LogP contribution in [0.15, 0.2) is 54.9 Å². The number of nitrogens with one attached hydrogen (secondary N) is 1. The van der Waals surface area contributed by atoms with Crippen LogP contribution in [0.25, 0.3) is 5.69 Å². The monoisotopic (exact) mass is 443 g/mol. The fourth-order valence-corrected chi connectivity index (χ4v) is 3.12. The van der Waals surface area contributed by atoms with E-state index < -0.39 is 41.2 Å². The summed E-state index contributed by atoms with van der Waals surface area (Å²) in [7, 11) is 0. The number of aromatic nitrogens is 2. The first-order valence-electron chi connectivity index (χ1n) is 8.63. The Bertz CT molecular complexity index is 1080. The summed E-state index contributed by atoms with van der Waals surface area (Å²) >= 11 is 6.01. The van der Waals surface area contributed by atoms with Crippen LogP contribution in [0.1, 0.15) is 27.0 Å². The second kappa shape index (κ2) is 8.06. The summed E-state index contributed by atoms with van der Waals surface area (Å²) in [6.45, 7) is 0.589. The van der Waals surface area contributed by atoms with Crippen LogP contribution in [0.4, 0.5) is 22.0 Å². The Labute approximate surface area is 173 Å². The molecular weight excluding hydrogens is 429 g/mol. The molecule has 0 atom stereocenters. The van der Waals surface area contributed by atoms with Crippen molar-refractivity contribution in [3.63, 3.8) is 0 Å². The lowest BCUT2D eigenvalue weighted by Crippen LogP contribution is -2.36. The number of hydrogen-bond acceptors (Lipinski definition) is 2. The number of hydrogen-bond donors (Lipinski definition) is 1. The Morgan fingerprint density at radius 1 is 1.10 bits per heavy atom. The van der Waals surface area contributed by atoms with E-state index in [-0.39, 0.29) is 5.02 Å². The highest BCUT2D eigenvalue weighted by molar-refractivity contribution is 6.31. The number of rotatable bonds is 5. The third-order valence-electron chi connectivity index (χ3n) is 4.27. The molecule has 3 rings (SSSR count). The molecule has 1 heterocycles. The van der Waals surface area contributed by atoms with Gasteiger partial charge in [0.15, 0.2) is 0 Å². The van der Waals surface area contributed by atoms with Crippen molar-refractivity contribution in [2.24, 2.45) is 0 Å². The summed E-state index contributed by atoms with van der Waals surface area (Å²) in [5.74, 6) is -4.87. The third kappa shape index (κ3) is 4.62. The Balaban J connectivity index is 1.78. The molecular formula is C20H15ClF5N3O.